The molecule has 0 bridgehead atoms. The molecule has 0 saturated carbocycles. The number of nitrogens with zero attached hydrogens (tertiary/aromatic N) is 2. The quantitative estimate of drug-likeness (QED) is 0.391. The summed E-state index contributed by atoms with van der Waals surface area (Å²) in [6.45, 7) is 2.08. The number of rotatable bonds is 8. The maximum atomic E-state index is 13.5. The summed E-state index contributed by atoms with van der Waals surface area (Å²) in [4.78, 5) is 30.8. The van der Waals surface area contributed by atoms with Crippen LogP contribution in [0.25, 0.3) is 10.9 Å². The Morgan fingerprint density at radius 3 is 2.55 bits per heavy atom. The van der Waals surface area contributed by atoms with E-state index < -0.39 is 39.7 Å². The summed E-state index contributed by atoms with van der Waals surface area (Å²) in [6.07, 6.45) is -3.36. The van der Waals surface area contributed by atoms with E-state index >= 15 is 0 Å². The Morgan fingerprint density at radius 1 is 1.18 bits per heavy atom. The molecule has 0 spiro atoms. The normalized spacial score (nSPS) is 16.9. The lowest BCUT2D eigenvalue weighted by molar-refractivity contribution is -0.274. The maximum absolute atomic E-state index is 13.5. The maximum Gasteiger partial charge on any atom is 0.573 e. The van der Waals surface area contributed by atoms with Crippen LogP contribution in [0.2, 0.25) is 10.0 Å². The third kappa shape index (κ3) is 6.49. The van der Waals surface area contributed by atoms with Gasteiger partial charge in [-0.25, -0.2) is 13.2 Å². The second-order valence-electron chi connectivity index (χ2n) is 9.48. The van der Waals surface area contributed by atoms with Gasteiger partial charge in [0.1, 0.15) is 5.75 Å². The van der Waals surface area contributed by atoms with Gasteiger partial charge in [0.05, 0.1) is 33.1 Å². The average molecular weight is 623 g/mol. The summed E-state index contributed by atoms with van der Waals surface area (Å²) in [5.74, 6) is -0.906. The zero-order valence-corrected chi connectivity index (χ0v) is 23.9. The number of likely N-dealkylation sites (N-methyl/N-ethyl adjacent to an activating group) is 1. The standard InChI is InChI=1S/C25H27Cl2F3N4O5S/c1-3-40(37,38)20-7-6-15(26)9-14(20)11-34-23(35)17-10-19(39-25(28,29)30)18(21(27)22(17)32-24(34)36)13-33-8-4-5-16(12-33)31-2/h6-7,9-10,16,31H,3-5,8,11-13H2,1-2H3,(H,32,36). The highest BCUT2D eigenvalue weighted by Crippen LogP contribution is 2.36. The summed E-state index contributed by atoms with van der Waals surface area (Å²) in [7, 11) is -1.95. The molecule has 2 heterocycles. The van der Waals surface area contributed by atoms with Gasteiger partial charge in [0, 0.05) is 29.7 Å². The van der Waals surface area contributed by atoms with E-state index in [4.69, 9.17) is 23.2 Å². The minimum atomic E-state index is -5.08. The van der Waals surface area contributed by atoms with Crippen LogP contribution in [0, 0.1) is 0 Å². The number of halogens is 5. The molecule has 2 N–H and O–H groups in total. The number of likely N-dealkylation sites (tertiary alicyclic amines) is 1. The fraction of sp³-hybridized carbons (Fsp3) is 0.440. The van der Waals surface area contributed by atoms with Crippen LogP contribution in [0.1, 0.15) is 30.9 Å². The number of nitrogens with one attached hydrogen (secondary N) is 2. The topological polar surface area (TPSA) is 114 Å². The molecule has 9 nitrogen and oxygen atoms in total. The van der Waals surface area contributed by atoms with Crippen LogP contribution in [-0.4, -0.2) is 61.2 Å². The van der Waals surface area contributed by atoms with Crippen molar-refractivity contribution >= 4 is 43.9 Å². The summed E-state index contributed by atoms with van der Waals surface area (Å²) in [5.41, 5.74) is -2.01. The van der Waals surface area contributed by atoms with E-state index in [0.29, 0.717) is 17.7 Å². The zero-order valence-electron chi connectivity index (χ0n) is 21.6. The van der Waals surface area contributed by atoms with Crippen molar-refractivity contribution in [1.82, 2.24) is 19.8 Å². The van der Waals surface area contributed by atoms with Crippen molar-refractivity contribution in [2.45, 2.75) is 50.2 Å². The molecule has 1 aliphatic heterocycles. The van der Waals surface area contributed by atoms with E-state index in [9.17, 15) is 31.2 Å². The van der Waals surface area contributed by atoms with Gasteiger partial charge in [-0.3, -0.25) is 14.3 Å². The van der Waals surface area contributed by atoms with E-state index in [1.165, 1.54) is 25.1 Å². The Balaban J connectivity index is 1.87. The van der Waals surface area contributed by atoms with Gasteiger partial charge in [0.2, 0.25) is 0 Å². The Hall–Kier alpha value is -2.58. The van der Waals surface area contributed by atoms with Crippen molar-refractivity contribution in [1.29, 1.82) is 0 Å². The van der Waals surface area contributed by atoms with E-state index in [1.54, 1.807) is 7.05 Å². The molecular formula is C25H27Cl2F3N4O5S. The van der Waals surface area contributed by atoms with Crippen molar-refractivity contribution in [3.05, 3.63) is 66.3 Å². The number of sulfone groups is 1. The number of ether oxygens (including phenoxy) is 1. The fourth-order valence-corrected chi connectivity index (χ4v) is 6.44. The van der Waals surface area contributed by atoms with E-state index in [1.807, 2.05) is 4.90 Å². The molecule has 218 valence electrons. The first-order chi connectivity index (χ1) is 18.7. The molecular weight excluding hydrogens is 596 g/mol. The predicted octanol–water partition coefficient (Wildman–Crippen LogP) is 3.92. The first kappa shape index (κ1) is 30.4. The van der Waals surface area contributed by atoms with Gasteiger partial charge in [-0.1, -0.05) is 30.1 Å². The van der Waals surface area contributed by atoms with Crippen LogP contribution in [-0.2, 0) is 22.9 Å². The fourth-order valence-electron chi connectivity index (χ4n) is 4.84. The number of alkyl halides is 3. The van der Waals surface area contributed by atoms with Crippen molar-refractivity contribution in [3.8, 4) is 5.75 Å². The summed E-state index contributed by atoms with van der Waals surface area (Å²) < 4.78 is 70.4. The highest BCUT2D eigenvalue weighted by atomic mass is 35.5. The van der Waals surface area contributed by atoms with Crippen molar-refractivity contribution < 1.29 is 26.3 Å². The largest absolute Gasteiger partial charge is 0.573 e. The van der Waals surface area contributed by atoms with Gasteiger partial charge in [-0.05, 0) is 56.3 Å². The van der Waals surface area contributed by atoms with Crippen LogP contribution in [0.5, 0.6) is 5.75 Å². The van der Waals surface area contributed by atoms with E-state index in [2.05, 4.69) is 15.0 Å². The Labute approximate surface area is 237 Å². The molecule has 2 aromatic carbocycles. The molecule has 0 aliphatic carbocycles. The lowest BCUT2D eigenvalue weighted by atomic mass is 10.0. The number of piperidine rings is 1. The number of H-pyrrole nitrogens is 1. The van der Waals surface area contributed by atoms with Crippen LogP contribution in [0.4, 0.5) is 13.2 Å². The average Bonchev–Trinajstić information content (AvgIpc) is 2.88. The third-order valence-corrected chi connectivity index (χ3v) is 9.35. The molecule has 1 atom stereocenters. The number of aromatic nitrogens is 2. The highest BCUT2D eigenvalue weighted by Gasteiger charge is 2.34. The summed E-state index contributed by atoms with van der Waals surface area (Å²) in [5, 5.41) is 2.74. The molecule has 1 fully saturated rings. The molecule has 1 saturated heterocycles. The van der Waals surface area contributed by atoms with E-state index in [0.717, 1.165) is 18.9 Å². The predicted molar refractivity (Wildman–Crippen MR) is 146 cm³/mol. The van der Waals surface area contributed by atoms with Gasteiger partial charge in [0.25, 0.3) is 5.56 Å². The number of fused-ring (bicyclic) bond motifs is 1. The van der Waals surface area contributed by atoms with E-state index in [-0.39, 0.29) is 55.3 Å². The second-order valence-corrected chi connectivity index (χ2v) is 12.5. The minimum Gasteiger partial charge on any atom is -0.405 e. The molecule has 40 heavy (non-hydrogen) atoms. The second kappa shape index (κ2) is 11.7. The SMILES string of the molecule is CCS(=O)(=O)c1ccc(Cl)cc1Cn1c(=O)[nH]c2c(Cl)c(CN3CCCC(NC)C3)c(OC(F)(F)F)cc2c1=O. The van der Waals surface area contributed by atoms with Crippen molar-refractivity contribution in [3.63, 3.8) is 0 Å². The first-order valence-electron chi connectivity index (χ1n) is 12.4. The van der Waals surface area contributed by atoms with Crippen LogP contribution in [0.15, 0.2) is 38.8 Å². The highest BCUT2D eigenvalue weighted by molar-refractivity contribution is 7.91. The number of hydrogen-bond acceptors (Lipinski definition) is 7. The van der Waals surface area contributed by atoms with Crippen LogP contribution in [0.3, 0.4) is 0 Å². The Kier molecular flexibility index (Phi) is 8.91. The Morgan fingerprint density at radius 2 is 1.90 bits per heavy atom. The van der Waals surface area contributed by atoms with Gasteiger partial charge in [0.15, 0.2) is 9.84 Å². The zero-order chi connectivity index (χ0) is 29.4. The monoisotopic (exact) mass is 622 g/mol. The lowest BCUT2D eigenvalue weighted by Crippen LogP contribution is -2.44. The molecule has 1 aromatic heterocycles. The summed E-state index contributed by atoms with van der Waals surface area (Å²) >= 11 is 12.6. The van der Waals surface area contributed by atoms with Gasteiger partial charge < -0.3 is 15.0 Å². The molecule has 15 heteroatoms. The third-order valence-electron chi connectivity index (χ3n) is 6.87. The molecule has 1 aliphatic rings. The first-order valence-corrected chi connectivity index (χ1v) is 14.8. The molecule has 0 amide bonds. The van der Waals surface area contributed by atoms with Gasteiger partial charge >= 0.3 is 12.1 Å². The summed E-state index contributed by atoms with van der Waals surface area (Å²) in [6, 6.07) is 4.99. The lowest BCUT2D eigenvalue weighted by Gasteiger charge is -2.33. The number of aromatic amines is 1. The van der Waals surface area contributed by atoms with Gasteiger partial charge in [-0.2, -0.15) is 0 Å². The van der Waals surface area contributed by atoms with Crippen LogP contribution < -0.4 is 21.3 Å². The molecule has 0 radical (unpaired) electrons. The Bertz CT molecular complexity index is 1660. The minimum absolute atomic E-state index is 0.00969. The smallest absolute Gasteiger partial charge is 0.405 e. The van der Waals surface area contributed by atoms with Crippen LogP contribution >= 0.6 is 23.2 Å². The number of benzene rings is 2. The van der Waals surface area contributed by atoms with Crippen molar-refractivity contribution in [2.75, 3.05) is 25.9 Å². The molecule has 1 unspecified atom stereocenters. The molecule has 4 rings (SSSR count). The van der Waals surface area contributed by atoms with Gasteiger partial charge in [-0.15, -0.1) is 13.2 Å². The van der Waals surface area contributed by atoms with Crippen molar-refractivity contribution in [2.24, 2.45) is 0 Å². The molecule has 3 aromatic rings. The number of hydrogen-bond donors (Lipinski definition) is 2.